The van der Waals surface area contributed by atoms with Crippen LogP contribution in [0.4, 0.5) is 0 Å². The van der Waals surface area contributed by atoms with Crippen molar-refractivity contribution in [1.82, 2.24) is 14.5 Å². The quantitative estimate of drug-likeness (QED) is 0.855. The van der Waals surface area contributed by atoms with Gasteiger partial charge in [0.2, 0.25) is 5.91 Å². The topological polar surface area (TPSA) is 92.5 Å². The minimum absolute atomic E-state index is 0.267. The number of amides is 1. The molecule has 1 aromatic carbocycles. The summed E-state index contributed by atoms with van der Waals surface area (Å²) >= 11 is 0. The van der Waals surface area contributed by atoms with E-state index in [-0.39, 0.29) is 11.5 Å². The van der Waals surface area contributed by atoms with E-state index in [1.54, 1.807) is 24.3 Å². The van der Waals surface area contributed by atoms with Crippen molar-refractivity contribution < 1.29 is 14.7 Å². The summed E-state index contributed by atoms with van der Waals surface area (Å²) in [7, 11) is 0. The van der Waals surface area contributed by atoms with Crippen LogP contribution in [0.15, 0.2) is 35.4 Å². The van der Waals surface area contributed by atoms with Crippen LogP contribution in [0, 0.1) is 0 Å². The second kappa shape index (κ2) is 7.68. The van der Waals surface area contributed by atoms with Gasteiger partial charge < -0.3 is 10.0 Å². The van der Waals surface area contributed by atoms with E-state index in [0.29, 0.717) is 36.7 Å². The van der Waals surface area contributed by atoms with Crippen molar-refractivity contribution in [3.8, 4) is 0 Å². The first-order valence-corrected chi connectivity index (χ1v) is 9.03. The Kier molecular flexibility index (Phi) is 5.35. The molecule has 138 valence electrons. The third-order valence-corrected chi connectivity index (χ3v) is 4.96. The molecule has 7 nitrogen and oxygen atoms in total. The summed E-state index contributed by atoms with van der Waals surface area (Å²) in [6.07, 6.45) is 4.65. The van der Waals surface area contributed by atoms with E-state index in [2.05, 4.69) is 4.98 Å². The highest BCUT2D eigenvalue weighted by atomic mass is 16.4. The highest BCUT2D eigenvalue weighted by molar-refractivity contribution is 5.87. The normalized spacial score (nSPS) is 18.2. The molecule has 1 N–H and O–H groups in total. The van der Waals surface area contributed by atoms with Gasteiger partial charge in [0, 0.05) is 6.54 Å². The second-order valence-corrected chi connectivity index (χ2v) is 6.66. The molecule has 2 atom stereocenters. The van der Waals surface area contributed by atoms with Crippen LogP contribution in [0.5, 0.6) is 0 Å². The zero-order chi connectivity index (χ0) is 18.7. The fraction of sp³-hybridized carbons (Fsp3) is 0.474. The van der Waals surface area contributed by atoms with Gasteiger partial charge in [-0.05, 0) is 31.4 Å². The number of hydrogen-bond donors (Lipinski definition) is 1. The van der Waals surface area contributed by atoms with Crippen LogP contribution in [0.25, 0.3) is 10.9 Å². The lowest BCUT2D eigenvalue weighted by Gasteiger charge is -2.27. The van der Waals surface area contributed by atoms with Gasteiger partial charge in [-0.3, -0.25) is 14.2 Å². The number of hydrogen-bond acceptors (Lipinski definition) is 4. The molecule has 1 saturated heterocycles. The second-order valence-electron chi connectivity index (χ2n) is 6.66. The SMILES string of the molecule is CCCC[C@@H](C(=O)N1CCC[C@@H]1C(=O)O)n1cnc2ccccc2c1=O. The van der Waals surface area contributed by atoms with Gasteiger partial charge in [0.15, 0.2) is 0 Å². The standard InChI is InChI=1S/C19H23N3O4/c1-2-3-9-15(18(24)21-11-6-10-16(21)19(25)26)22-12-20-14-8-5-4-7-13(14)17(22)23/h4-5,7-8,12,15-16H,2-3,6,9-11H2,1H3,(H,25,26)/t15-,16+/m0/s1. The Morgan fingerprint density at radius 1 is 1.35 bits per heavy atom. The van der Waals surface area contributed by atoms with E-state index < -0.39 is 18.1 Å². The molecule has 1 aromatic heterocycles. The predicted octanol–water partition coefficient (Wildman–Crippen LogP) is 2.20. The van der Waals surface area contributed by atoms with Gasteiger partial charge in [-0.25, -0.2) is 9.78 Å². The summed E-state index contributed by atoms with van der Waals surface area (Å²) in [6.45, 7) is 2.42. The number of aliphatic carboxylic acids is 1. The van der Waals surface area contributed by atoms with Gasteiger partial charge in [-0.2, -0.15) is 0 Å². The summed E-state index contributed by atoms with van der Waals surface area (Å²) < 4.78 is 1.37. The number of rotatable bonds is 6. The summed E-state index contributed by atoms with van der Waals surface area (Å²) in [5.74, 6) is -1.29. The zero-order valence-electron chi connectivity index (χ0n) is 14.8. The molecule has 1 fully saturated rings. The molecule has 7 heteroatoms. The Bertz CT molecular complexity index is 876. The average Bonchev–Trinajstić information content (AvgIpc) is 3.13. The number of aromatic nitrogens is 2. The first kappa shape index (κ1) is 18.1. The van der Waals surface area contributed by atoms with E-state index in [9.17, 15) is 19.5 Å². The molecule has 2 heterocycles. The predicted molar refractivity (Wildman–Crippen MR) is 96.9 cm³/mol. The number of carbonyl (C=O) groups is 2. The number of benzene rings is 1. The maximum atomic E-state index is 13.1. The molecule has 0 bridgehead atoms. The summed E-state index contributed by atoms with van der Waals surface area (Å²) in [6, 6.07) is 5.49. The molecule has 0 aliphatic carbocycles. The van der Waals surface area contributed by atoms with Crippen molar-refractivity contribution in [1.29, 1.82) is 0 Å². The number of carboxylic acid groups (broad SMARTS) is 1. The molecule has 2 aromatic rings. The number of carbonyl (C=O) groups excluding carboxylic acids is 1. The van der Waals surface area contributed by atoms with Gasteiger partial charge in [0.05, 0.1) is 17.2 Å². The number of nitrogens with zero attached hydrogens (tertiary/aromatic N) is 3. The lowest BCUT2D eigenvalue weighted by molar-refractivity contribution is -0.149. The van der Waals surface area contributed by atoms with Gasteiger partial charge >= 0.3 is 5.97 Å². The fourth-order valence-corrected chi connectivity index (χ4v) is 3.56. The Morgan fingerprint density at radius 3 is 2.85 bits per heavy atom. The summed E-state index contributed by atoms with van der Waals surface area (Å²) in [4.78, 5) is 43.2. The molecular weight excluding hydrogens is 334 g/mol. The molecular formula is C19H23N3O4. The highest BCUT2D eigenvalue weighted by Crippen LogP contribution is 2.24. The average molecular weight is 357 g/mol. The van der Waals surface area contributed by atoms with Crippen molar-refractivity contribution in [2.75, 3.05) is 6.54 Å². The van der Waals surface area contributed by atoms with Crippen LogP contribution in [0.2, 0.25) is 0 Å². The van der Waals surface area contributed by atoms with Crippen molar-refractivity contribution in [3.63, 3.8) is 0 Å². The minimum Gasteiger partial charge on any atom is -0.480 e. The molecule has 1 aliphatic heterocycles. The molecule has 0 saturated carbocycles. The largest absolute Gasteiger partial charge is 0.480 e. The first-order valence-electron chi connectivity index (χ1n) is 9.03. The number of carboxylic acids is 1. The lowest BCUT2D eigenvalue weighted by Crippen LogP contribution is -2.45. The fourth-order valence-electron chi connectivity index (χ4n) is 3.56. The van der Waals surface area contributed by atoms with E-state index in [0.717, 1.165) is 12.8 Å². The number of likely N-dealkylation sites (tertiary alicyclic amines) is 1. The van der Waals surface area contributed by atoms with E-state index >= 15 is 0 Å². The van der Waals surface area contributed by atoms with Crippen LogP contribution in [0.3, 0.4) is 0 Å². The molecule has 3 rings (SSSR count). The van der Waals surface area contributed by atoms with Gasteiger partial charge in [-0.1, -0.05) is 31.9 Å². The Labute approximate surface area is 151 Å². The van der Waals surface area contributed by atoms with E-state index in [1.807, 2.05) is 6.92 Å². The zero-order valence-corrected chi connectivity index (χ0v) is 14.8. The molecule has 1 amide bonds. The maximum Gasteiger partial charge on any atom is 0.326 e. The molecule has 1 aliphatic rings. The Hall–Kier alpha value is -2.70. The van der Waals surface area contributed by atoms with Crippen molar-refractivity contribution in [2.45, 2.75) is 51.1 Å². The smallest absolute Gasteiger partial charge is 0.326 e. The minimum atomic E-state index is -0.992. The van der Waals surface area contributed by atoms with E-state index in [1.165, 1.54) is 15.8 Å². The van der Waals surface area contributed by atoms with Crippen molar-refractivity contribution in [2.24, 2.45) is 0 Å². The molecule has 0 spiro atoms. The van der Waals surface area contributed by atoms with E-state index in [4.69, 9.17) is 0 Å². The maximum absolute atomic E-state index is 13.1. The molecule has 0 radical (unpaired) electrons. The van der Waals surface area contributed by atoms with Crippen LogP contribution in [-0.4, -0.2) is 44.0 Å². The van der Waals surface area contributed by atoms with Crippen molar-refractivity contribution >= 4 is 22.8 Å². The number of para-hydroxylation sites is 1. The van der Waals surface area contributed by atoms with Gasteiger partial charge in [0.1, 0.15) is 12.1 Å². The van der Waals surface area contributed by atoms with Crippen LogP contribution >= 0.6 is 0 Å². The van der Waals surface area contributed by atoms with Crippen LogP contribution < -0.4 is 5.56 Å². The number of unbranched alkanes of at least 4 members (excludes halogenated alkanes) is 1. The summed E-state index contributed by atoms with van der Waals surface area (Å²) in [5.41, 5.74) is 0.316. The molecule has 0 unspecified atom stereocenters. The lowest BCUT2D eigenvalue weighted by atomic mass is 10.1. The van der Waals surface area contributed by atoms with Crippen molar-refractivity contribution in [3.05, 3.63) is 40.9 Å². The molecule has 26 heavy (non-hydrogen) atoms. The Balaban J connectivity index is 2.01. The Morgan fingerprint density at radius 2 is 2.12 bits per heavy atom. The third kappa shape index (κ3) is 3.34. The van der Waals surface area contributed by atoms with Gasteiger partial charge in [0.25, 0.3) is 5.56 Å². The first-order chi connectivity index (χ1) is 12.5. The van der Waals surface area contributed by atoms with Crippen LogP contribution in [0.1, 0.15) is 45.1 Å². The number of fused-ring (bicyclic) bond motifs is 1. The highest BCUT2D eigenvalue weighted by Gasteiger charge is 2.37. The monoisotopic (exact) mass is 357 g/mol. The van der Waals surface area contributed by atoms with Crippen LogP contribution in [-0.2, 0) is 9.59 Å². The third-order valence-electron chi connectivity index (χ3n) is 4.96. The summed E-state index contributed by atoms with van der Waals surface area (Å²) in [5, 5.41) is 9.84. The van der Waals surface area contributed by atoms with Gasteiger partial charge in [-0.15, -0.1) is 0 Å².